The molecule has 0 aliphatic carbocycles. The van der Waals surface area contributed by atoms with Crippen LogP contribution in [0.4, 0.5) is 11.4 Å². The summed E-state index contributed by atoms with van der Waals surface area (Å²) in [6.07, 6.45) is 0.414. The van der Waals surface area contributed by atoms with Gasteiger partial charge in [0.05, 0.1) is 11.3 Å². The number of rotatable bonds is 5. The SMILES string of the molecule is C=C(C)C(=O)OCCOc1ccc2c(c1N)C(=O)CCN2. The molecule has 2 rings (SSSR count). The van der Waals surface area contributed by atoms with Gasteiger partial charge in [0.15, 0.2) is 5.78 Å². The Morgan fingerprint density at radius 3 is 2.90 bits per heavy atom. The van der Waals surface area contributed by atoms with Gasteiger partial charge in [-0.1, -0.05) is 6.58 Å². The van der Waals surface area contributed by atoms with Crippen LogP contribution in [-0.4, -0.2) is 31.5 Å². The highest BCUT2D eigenvalue weighted by atomic mass is 16.6. The second-order valence-electron chi connectivity index (χ2n) is 4.76. The van der Waals surface area contributed by atoms with Crippen molar-refractivity contribution in [2.24, 2.45) is 0 Å². The Morgan fingerprint density at radius 2 is 2.19 bits per heavy atom. The van der Waals surface area contributed by atoms with E-state index >= 15 is 0 Å². The molecule has 6 nitrogen and oxygen atoms in total. The van der Waals surface area contributed by atoms with E-state index in [1.807, 2.05) is 0 Å². The molecule has 0 saturated carbocycles. The average Bonchev–Trinajstić information content (AvgIpc) is 2.45. The topological polar surface area (TPSA) is 90.7 Å². The van der Waals surface area contributed by atoms with Crippen LogP contribution in [0.2, 0.25) is 0 Å². The molecule has 1 aliphatic rings. The van der Waals surface area contributed by atoms with Gasteiger partial charge in [0.1, 0.15) is 19.0 Å². The first-order valence-electron chi connectivity index (χ1n) is 6.65. The number of benzene rings is 1. The monoisotopic (exact) mass is 290 g/mol. The van der Waals surface area contributed by atoms with Crippen molar-refractivity contribution < 1.29 is 19.1 Å². The highest BCUT2D eigenvalue weighted by molar-refractivity contribution is 6.08. The third kappa shape index (κ3) is 3.34. The third-order valence-electron chi connectivity index (χ3n) is 3.07. The Kier molecular flexibility index (Phi) is 4.47. The lowest BCUT2D eigenvalue weighted by Gasteiger charge is -2.20. The first-order valence-corrected chi connectivity index (χ1v) is 6.65. The third-order valence-corrected chi connectivity index (χ3v) is 3.07. The van der Waals surface area contributed by atoms with Gasteiger partial charge in [0, 0.05) is 24.2 Å². The Balaban J connectivity index is 1.99. The molecule has 0 fully saturated rings. The number of hydrogen-bond acceptors (Lipinski definition) is 6. The molecule has 6 heteroatoms. The molecule has 0 atom stereocenters. The maximum Gasteiger partial charge on any atom is 0.333 e. The summed E-state index contributed by atoms with van der Waals surface area (Å²) in [4.78, 5) is 23.1. The summed E-state index contributed by atoms with van der Waals surface area (Å²) in [5.74, 6) is -0.0472. The van der Waals surface area contributed by atoms with Crippen LogP contribution in [0.25, 0.3) is 0 Å². The number of carbonyl (C=O) groups excluding carboxylic acids is 2. The standard InChI is InChI=1S/C15H18N2O4/c1-9(2)15(19)21-8-7-20-12-4-3-10-13(14(12)16)11(18)5-6-17-10/h3-4,17H,1,5-8,16H2,2H3. The minimum atomic E-state index is -0.462. The molecule has 112 valence electrons. The minimum Gasteiger partial charge on any atom is -0.488 e. The van der Waals surface area contributed by atoms with Crippen molar-refractivity contribution in [3.8, 4) is 5.75 Å². The van der Waals surface area contributed by atoms with Crippen molar-refractivity contribution in [3.63, 3.8) is 0 Å². The van der Waals surface area contributed by atoms with E-state index in [0.717, 1.165) is 5.69 Å². The quantitative estimate of drug-likeness (QED) is 0.372. The van der Waals surface area contributed by atoms with Gasteiger partial charge in [-0.05, 0) is 19.1 Å². The fraction of sp³-hybridized carbons (Fsp3) is 0.333. The van der Waals surface area contributed by atoms with Crippen LogP contribution in [-0.2, 0) is 9.53 Å². The fourth-order valence-corrected chi connectivity index (χ4v) is 2.02. The number of nitrogens with two attached hydrogens (primary N) is 1. The largest absolute Gasteiger partial charge is 0.488 e. The molecule has 1 aliphatic heterocycles. The summed E-state index contributed by atoms with van der Waals surface area (Å²) < 4.78 is 10.4. The predicted molar refractivity (Wildman–Crippen MR) is 79.6 cm³/mol. The molecule has 1 aromatic rings. The summed E-state index contributed by atoms with van der Waals surface area (Å²) in [5, 5.41) is 3.12. The van der Waals surface area contributed by atoms with Crippen LogP contribution < -0.4 is 15.8 Å². The number of esters is 1. The zero-order chi connectivity index (χ0) is 15.4. The van der Waals surface area contributed by atoms with Gasteiger partial charge in [-0.2, -0.15) is 0 Å². The zero-order valence-corrected chi connectivity index (χ0v) is 11.9. The Labute approximate surface area is 122 Å². The molecule has 0 bridgehead atoms. The lowest BCUT2D eigenvalue weighted by molar-refractivity contribution is -0.139. The summed E-state index contributed by atoms with van der Waals surface area (Å²) in [6, 6.07) is 3.46. The van der Waals surface area contributed by atoms with Crippen molar-refractivity contribution in [2.45, 2.75) is 13.3 Å². The van der Waals surface area contributed by atoms with Crippen molar-refractivity contribution in [1.82, 2.24) is 0 Å². The van der Waals surface area contributed by atoms with Gasteiger partial charge in [-0.15, -0.1) is 0 Å². The maximum atomic E-state index is 11.9. The average molecular weight is 290 g/mol. The zero-order valence-electron chi connectivity index (χ0n) is 11.9. The van der Waals surface area contributed by atoms with Crippen LogP contribution >= 0.6 is 0 Å². The van der Waals surface area contributed by atoms with E-state index in [1.54, 1.807) is 19.1 Å². The van der Waals surface area contributed by atoms with Crippen LogP contribution in [0.3, 0.4) is 0 Å². The lowest BCUT2D eigenvalue weighted by atomic mass is 10.00. The molecule has 0 aromatic heterocycles. The smallest absolute Gasteiger partial charge is 0.333 e. The van der Waals surface area contributed by atoms with Gasteiger partial charge >= 0.3 is 5.97 Å². The Hall–Kier alpha value is -2.50. The number of nitrogen functional groups attached to an aromatic ring is 1. The van der Waals surface area contributed by atoms with Gasteiger partial charge < -0.3 is 20.5 Å². The minimum absolute atomic E-state index is 0.000380. The molecule has 21 heavy (non-hydrogen) atoms. The number of nitrogens with one attached hydrogen (secondary N) is 1. The van der Waals surface area contributed by atoms with Crippen molar-refractivity contribution >= 4 is 23.1 Å². The normalized spacial score (nSPS) is 13.1. The van der Waals surface area contributed by atoms with E-state index in [0.29, 0.717) is 35.5 Å². The molecular weight excluding hydrogens is 272 g/mol. The van der Waals surface area contributed by atoms with E-state index in [-0.39, 0.29) is 19.0 Å². The van der Waals surface area contributed by atoms with Crippen LogP contribution in [0, 0.1) is 0 Å². The first-order chi connectivity index (χ1) is 10.0. The van der Waals surface area contributed by atoms with Gasteiger partial charge in [0.25, 0.3) is 0 Å². The van der Waals surface area contributed by atoms with E-state index in [9.17, 15) is 9.59 Å². The Morgan fingerprint density at radius 1 is 1.43 bits per heavy atom. The van der Waals surface area contributed by atoms with Crippen molar-refractivity contribution in [2.75, 3.05) is 30.8 Å². The number of Topliss-reactive ketones (excluding diaryl/α,β-unsaturated/α-hetero) is 1. The number of carbonyl (C=O) groups is 2. The summed E-state index contributed by atoms with van der Waals surface area (Å²) in [6.45, 7) is 5.92. The Bertz CT molecular complexity index is 596. The second-order valence-corrected chi connectivity index (χ2v) is 4.76. The molecule has 1 aromatic carbocycles. The molecular formula is C15H18N2O4. The maximum absolute atomic E-state index is 11.9. The number of ether oxygens (including phenoxy) is 2. The van der Waals surface area contributed by atoms with Crippen LogP contribution in [0.15, 0.2) is 24.3 Å². The van der Waals surface area contributed by atoms with E-state index < -0.39 is 5.97 Å². The molecule has 0 saturated heterocycles. The number of fused-ring (bicyclic) bond motifs is 1. The molecule has 3 N–H and O–H groups in total. The lowest BCUT2D eigenvalue weighted by Crippen LogP contribution is -2.20. The number of hydrogen-bond donors (Lipinski definition) is 2. The highest BCUT2D eigenvalue weighted by Gasteiger charge is 2.22. The van der Waals surface area contributed by atoms with E-state index in [4.69, 9.17) is 15.2 Å². The van der Waals surface area contributed by atoms with Crippen LogP contribution in [0.5, 0.6) is 5.75 Å². The van der Waals surface area contributed by atoms with Crippen molar-refractivity contribution in [3.05, 3.63) is 29.8 Å². The highest BCUT2D eigenvalue weighted by Crippen LogP contribution is 2.34. The number of anilines is 2. The predicted octanol–water partition coefficient (Wildman–Crippen LogP) is 1.77. The summed E-state index contributed by atoms with van der Waals surface area (Å²) in [5.41, 5.74) is 7.82. The van der Waals surface area contributed by atoms with Crippen LogP contribution in [0.1, 0.15) is 23.7 Å². The van der Waals surface area contributed by atoms with E-state index in [1.165, 1.54) is 0 Å². The summed E-state index contributed by atoms with van der Waals surface area (Å²) in [7, 11) is 0. The van der Waals surface area contributed by atoms with Gasteiger partial charge in [-0.3, -0.25) is 4.79 Å². The van der Waals surface area contributed by atoms with E-state index in [2.05, 4.69) is 11.9 Å². The molecule has 0 spiro atoms. The fourth-order valence-electron chi connectivity index (χ4n) is 2.02. The second kappa shape index (κ2) is 6.30. The molecule has 1 heterocycles. The molecule has 0 radical (unpaired) electrons. The van der Waals surface area contributed by atoms with Gasteiger partial charge in [0.2, 0.25) is 0 Å². The number of ketones is 1. The van der Waals surface area contributed by atoms with Crippen molar-refractivity contribution in [1.29, 1.82) is 0 Å². The summed E-state index contributed by atoms with van der Waals surface area (Å²) >= 11 is 0. The first kappa shape index (κ1) is 14.9. The molecule has 0 amide bonds. The molecule has 0 unspecified atom stereocenters. The van der Waals surface area contributed by atoms with Gasteiger partial charge in [-0.25, -0.2) is 4.79 Å².